The van der Waals surface area contributed by atoms with Crippen LogP contribution in [0.5, 0.6) is 5.75 Å². The van der Waals surface area contributed by atoms with Gasteiger partial charge in [-0.1, -0.05) is 56.3 Å². The zero-order valence-electron chi connectivity index (χ0n) is 16.9. The Morgan fingerprint density at radius 3 is 2.39 bits per heavy atom. The second-order valence-corrected chi connectivity index (χ2v) is 8.25. The predicted molar refractivity (Wildman–Crippen MR) is 112 cm³/mol. The standard InChI is InChI=1S/C24H30N2O2/c1-18(2)19-8-12-22(13-9-19)28-17-24(27)26-15-14-25(21-10-11-21)16-23(26)20-6-4-3-5-7-20/h3-9,12-13,18,21,23H,10-11,14-17H2,1-2H3. The van der Waals surface area contributed by atoms with Crippen LogP contribution in [0.15, 0.2) is 54.6 Å². The van der Waals surface area contributed by atoms with Gasteiger partial charge in [-0.2, -0.15) is 0 Å². The first-order valence-electron chi connectivity index (χ1n) is 10.4. The Bertz CT molecular complexity index is 784. The van der Waals surface area contributed by atoms with E-state index < -0.39 is 0 Å². The Morgan fingerprint density at radius 1 is 1.04 bits per heavy atom. The molecule has 28 heavy (non-hydrogen) atoms. The molecule has 0 spiro atoms. The van der Waals surface area contributed by atoms with Gasteiger partial charge in [0.2, 0.25) is 0 Å². The maximum atomic E-state index is 13.0. The zero-order chi connectivity index (χ0) is 19.5. The van der Waals surface area contributed by atoms with Crippen LogP contribution in [0.25, 0.3) is 0 Å². The lowest BCUT2D eigenvalue weighted by molar-refractivity contribution is -0.138. The molecule has 4 nitrogen and oxygen atoms in total. The molecule has 1 atom stereocenters. The second kappa shape index (κ2) is 8.36. The van der Waals surface area contributed by atoms with Gasteiger partial charge in [0.1, 0.15) is 5.75 Å². The van der Waals surface area contributed by atoms with Gasteiger partial charge in [-0.05, 0) is 42.0 Å². The third-order valence-corrected chi connectivity index (χ3v) is 5.89. The van der Waals surface area contributed by atoms with Crippen molar-refractivity contribution < 1.29 is 9.53 Å². The van der Waals surface area contributed by atoms with Crippen LogP contribution in [0.3, 0.4) is 0 Å². The molecule has 148 valence electrons. The van der Waals surface area contributed by atoms with E-state index in [1.807, 2.05) is 23.1 Å². The van der Waals surface area contributed by atoms with Gasteiger partial charge in [0.05, 0.1) is 6.04 Å². The van der Waals surface area contributed by atoms with E-state index in [9.17, 15) is 4.79 Å². The molecule has 2 fully saturated rings. The Kier molecular flexibility index (Phi) is 5.67. The molecule has 0 aromatic heterocycles. The summed E-state index contributed by atoms with van der Waals surface area (Å²) in [6, 6.07) is 19.3. The number of rotatable bonds is 6. The van der Waals surface area contributed by atoms with Crippen LogP contribution in [-0.2, 0) is 4.79 Å². The number of piperazine rings is 1. The molecule has 4 rings (SSSR count). The molecule has 1 unspecified atom stereocenters. The Hall–Kier alpha value is -2.33. The van der Waals surface area contributed by atoms with Crippen LogP contribution in [-0.4, -0.2) is 48.0 Å². The molecular formula is C24H30N2O2. The zero-order valence-corrected chi connectivity index (χ0v) is 16.9. The molecule has 1 aliphatic carbocycles. The highest BCUT2D eigenvalue weighted by Crippen LogP contribution is 2.33. The Balaban J connectivity index is 1.42. The largest absolute Gasteiger partial charge is 0.484 e. The van der Waals surface area contributed by atoms with E-state index in [0.717, 1.165) is 31.4 Å². The SMILES string of the molecule is CC(C)c1ccc(OCC(=O)N2CCN(C3CC3)CC2c2ccccc2)cc1. The van der Waals surface area contributed by atoms with Crippen molar-refractivity contribution in [2.24, 2.45) is 0 Å². The number of hydrogen-bond acceptors (Lipinski definition) is 3. The molecule has 1 saturated carbocycles. The van der Waals surface area contributed by atoms with Crippen molar-refractivity contribution in [3.8, 4) is 5.75 Å². The molecule has 0 bridgehead atoms. The van der Waals surface area contributed by atoms with Gasteiger partial charge in [-0.3, -0.25) is 9.69 Å². The topological polar surface area (TPSA) is 32.8 Å². The highest BCUT2D eigenvalue weighted by atomic mass is 16.5. The van der Waals surface area contributed by atoms with E-state index in [-0.39, 0.29) is 18.6 Å². The summed E-state index contributed by atoms with van der Waals surface area (Å²) < 4.78 is 5.82. The normalized spacial score (nSPS) is 20.4. The van der Waals surface area contributed by atoms with Gasteiger partial charge >= 0.3 is 0 Å². The van der Waals surface area contributed by atoms with Crippen LogP contribution >= 0.6 is 0 Å². The van der Waals surface area contributed by atoms with Gasteiger partial charge < -0.3 is 9.64 Å². The molecule has 1 saturated heterocycles. The maximum Gasteiger partial charge on any atom is 0.261 e. The van der Waals surface area contributed by atoms with Gasteiger partial charge in [0.25, 0.3) is 5.91 Å². The first-order valence-corrected chi connectivity index (χ1v) is 10.4. The van der Waals surface area contributed by atoms with Crippen molar-refractivity contribution in [1.29, 1.82) is 0 Å². The molecule has 1 amide bonds. The minimum absolute atomic E-state index is 0.0669. The van der Waals surface area contributed by atoms with Crippen molar-refractivity contribution in [1.82, 2.24) is 9.80 Å². The Morgan fingerprint density at radius 2 is 1.75 bits per heavy atom. The van der Waals surface area contributed by atoms with Crippen LogP contribution in [0.1, 0.15) is 49.8 Å². The number of amides is 1. The van der Waals surface area contributed by atoms with Crippen molar-refractivity contribution in [2.75, 3.05) is 26.2 Å². The second-order valence-electron chi connectivity index (χ2n) is 8.25. The van der Waals surface area contributed by atoms with Crippen LogP contribution in [0, 0.1) is 0 Å². The summed E-state index contributed by atoms with van der Waals surface area (Å²) in [4.78, 5) is 17.6. The average molecular weight is 379 g/mol. The first-order chi connectivity index (χ1) is 13.6. The third-order valence-electron chi connectivity index (χ3n) is 5.89. The maximum absolute atomic E-state index is 13.0. The highest BCUT2D eigenvalue weighted by molar-refractivity contribution is 5.78. The number of nitrogens with zero attached hydrogens (tertiary/aromatic N) is 2. The van der Waals surface area contributed by atoms with E-state index >= 15 is 0 Å². The summed E-state index contributed by atoms with van der Waals surface area (Å²) in [7, 11) is 0. The number of hydrogen-bond donors (Lipinski definition) is 0. The van der Waals surface area contributed by atoms with Gasteiger partial charge in [0.15, 0.2) is 6.61 Å². The van der Waals surface area contributed by atoms with E-state index in [4.69, 9.17) is 4.74 Å². The summed E-state index contributed by atoms with van der Waals surface area (Å²) in [5, 5.41) is 0. The minimum atomic E-state index is 0.0669. The molecular weight excluding hydrogens is 348 g/mol. The molecule has 1 heterocycles. The van der Waals surface area contributed by atoms with E-state index in [1.165, 1.54) is 24.0 Å². The minimum Gasteiger partial charge on any atom is -0.484 e. The van der Waals surface area contributed by atoms with Crippen molar-refractivity contribution in [3.05, 3.63) is 65.7 Å². The fourth-order valence-electron chi connectivity index (χ4n) is 4.01. The molecule has 2 aliphatic rings. The fourth-order valence-corrected chi connectivity index (χ4v) is 4.01. The summed E-state index contributed by atoms with van der Waals surface area (Å²) in [6.07, 6.45) is 2.59. The molecule has 2 aromatic rings. The molecule has 0 radical (unpaired) electrons. The lowest BCUT2D eigenvalue weighted by Gasteiger charge is -2.42. The summed E-state index contributed by atoms with van der Waals surface area (Å²) in [6.45, 7) is 7.08. The van der Waals surface area contributed by atoms with Gasteiger partial charge in [-0.25, -0.2) is 0 Å². The molecule has 2 aromatic carbocycles. The van der Waals surface area contributed by atoms with Gasteiger partial charge in [0, 0.05) is 25.7 Å². The fraction of sp³-hybridized carbons (Fsp3) is 0.458. The van der Waals surface area contributed by atoms with Gasteiger partial charge in [-0.15, -0.1) is 0 Å². The lowest BCUT2D eigenvalue weighted by atomic mass is 10.0. The molecule has 1 aliphatic heterocycles. The third kappa shape index (κ3) is 4.39. The van der Waals surface area contributed by atoms with E-state index in [0.29, 0.717) is 5.92 Å². The number of carbonyl (C=O) groups excluding carboxylic acids is 1. The Labute approximate surface area is 168 Å². The van der Waals surface area contributed by atoms with Crippen LogP contribution in [0.2, 0.25) is 0 Å². The number of carbonyl (C=O) groups is 1. The smallest absolute Gasteiger partial charge is 0.261 e. The number of benzene rings is 2. The van der Waals surface area contributed by atoms with Crippen molar-refractivity contribution in [2.45, 2.75) is 44.7 Å². The first kappa shape index (κ1) is 19.0. The quantitative estimate of drug-likeness (QED) is 0.754. The lowest BCUT2D eigenvalue weighted by Crippen LogP contribution is -2.52. The monoisotopic (exact) mass is 378 g/mol. The van der Waals surface area contributed by atoms with E-state index in [2.05, 4.69) is 55.1 Å². The molecule has 0 N–H and O–H groups in total. The van der Waals surface area contributed by atoms with Crippen molar-refractivity contribution in [3.63, 3.8) is 0 Å². The van der Waals surface area contributed by atoms with Crippen LogP contribution < -0.4 is 4.74 Å². The average Bonchev–Trinajstić information content (AvgIpc) is 3.58. The summed E-state index contributed by atoms with van der Waals surface area (Å²) in [5.41, 5.74) is 2.49. The molecule has 4 heteroatoms. The van der Waals surface area contributed by atoms with E-state index in [1.54, 1.807) is 0 Å². The predicted octanol–water partition coefficient (Wildman–Crippen LogP) is 4.24. The summed E-state index contributed by atoms with van der Waals surface area (Å²) >= 11 is 0. The van der Waals surface area contributed by atoms with Crippen molar-refractivity contribution >= 4 is 5.91 Å². The number of ether oxygens (including phenoxy) is 1. The van der Waals surface area contributed by atoms with Crippen LogP contribution in [0.4, 0.5) is 0 Å². The highest BCUT2D eigenvalue weighted by Gasteiger charge is 2.37. The summed E-state index contributed by atoms with van der Waals surface area (Å²) in [5.74, 6) is 1.31.